The first kappa shape index (κ1) is 16.2. The second-order valence-electron chi connectivity index (χ2n) is 5.51. The van der Waals surface area contributed by atoms with E-state index in [1.54, 1.807) is 20.8 Å². The lowest BCUT2D eigenvalue weighted by molar-refractivity contribution is 0.0616. The molecule has 0 fully saturated rings. The third-order valence-electron chi connectivity index (χ3n) is 2.34. The van der Waals surface area contributed by atoms with Crippen LogP contribution in [0, 0.1) is 0 Å². The largest absolute Gasteiger partial charge is 0.444 e. The highest BCUT2D eigenvalue weighted by Gasteiger charge is 2.33. The van der Waals surface area contributed by atoms with Crippen LogP contribution in [0.3, 0.4) is 0 Å². The molecule has 1 aromatic rings. The van der Waals surface area contributed by atoms with Crippen LogP contribution in [0.1, 0.15) is 33.3 Å². The minimum Gasteiger partial charge on any atom is -0.444 e. The summed E-state index contributed by atoms with van der Waals surface area (Å²) in [4.78, 5) is 19.0. The maximum atomic E-state index is 12.7. The van der Waals surface area contributed by atoms with Crippen molar-refractivity contribution in [2.45, 2.75) is 45.3 Å². The van der Waals surface area contributed by atoms with Crippen LogP contribution in [0.2, 0.25) is 0 Å². The molecule has 3 N–H and O–H groups in total. The number of anilines is 1. The summed E-state index contributed by atoms with van der Waals surface area (Å²) in [6.45, 7) is 6.30. The number of carbonyl (C=O) groups excluding carboxylic acids is 1. The Morgan fingerprint density at radius 3 is 2.20 bits per heavy atom. The number of nitrogens with zero attached hydrogens (tertiary/aromatic N) is 2. The molecule has 1 unspecified atom stereocenters. The zero-order valence-electron chi connectivity index (χ0n) is 11.8. The Bertz CT molecular complexity index is 469. The standard InChI is InChI=1S/C12H18F2N4O2/c1-11(2,3)20-10(19)18-9-16-5-7(6-17-9)12(4,15)8(13)14/h5-6,8H,15H2,1-4H3,(H,16,17,18,19). The number of hydrogen-bond acceptors (Lipinski definition) is 5. The molecule has 0 spiro atoms. The molecule has 8 heteroatoms. The molecule has 6 nitrogen and oxygen atoms in total. The van der Waals surface area contributed by atoms with E-state index < -0.39 is 23.7 Å². The molecule has 0 aliphatic rings. The Kier molecular flexibility index (Phi) is 4.59. The van der Waals surface area contributed by atoms with E-state index in [0.717, 1.165) is 12.4 Å². The molecule has 0 aliphatic carbocycles. The Morgan fingerprint density at radius 2 is 1.80 bits per heavy atom. The lowest BCUT2D eigenvalue weighted by atomic mass is 9.97. The number of nitrogens with one attached hydrogen (secondary N) is 1. The Hall–Kier alpha value is -1.83. The highest BCUT2D eigenvalue weighted by Crippen LogP contribution is 2.24. The maximum Gasteiger partial charge on any atom is 0.414 e. The number of rotatable bonds is 3. The predicted molar refractivity (Wildman–Crippen MR) is 69.4 cm³/mol. The van der Waals surface area contributed by atoms with Gasteiger partial charge in [0.15, 0.2) is 0 Å². The van der Waals surface area contributed by atoms with Crippen LogP contribution in [-0.4, -0.2) is 28.1 Å². The SMILES string of the molecule is CC(C)(C)OC(=O)Nc1ncc(C(C)(N)C(F)F)cn1. The van der Waals surface area contributed by atoms with Gasteiger partial charge >= 0.3 is 6.09 Å². The van der Waals surface area contributed by atoms with Gasteiger partial charge in [0.1, 0.15) is 11.1 Å². The topological polar surface area (TPSA) is 90.1 Å². The molecule has 1 aromatic heterocycles. The molecule has 112 valence electrons. The first-order chi connectivity index (χ1) is 9.02. The number of hydrogen-bond donors (Lipinski definition) is 2. The fourth-order valence-corrected chi connectivity index (χ4v) is 1.19. The van der Waals surface area contributed by atoms with E-state index in [2.05, 4.69) is 15.3 Å². The van der Waals surface area contributed by atoms with Gasteiger partial charge in [-0.1, -0.05) is 0 Å². The van der Waals surface area contributed by atoms with Crippen LogP contribution in [0.15, 0.2) is 12.4 Å². The summed E-state index contributed by atoms with van der Waals surface area (Å²) in [5.41, 5.74) is 3.04. The van der Waals surface area contributed by atoms with E-state index in [1.807, 2.05) is 0 Å². The van der Waals surface area contributed by atoms with E-state index in [0.29, 0.717) is 0 Å². The molecular weight excluding hydrogens is 270 g/mol. The van der Waals surface area contributed by atoms with Gasteiger partial charge in [-0.3, -0.25) is 5.32 Å². The fraction of sp³-hybridized carbons (Fsp3) is 0.583. The van der Waals surface area contributed by atoms with E-state index in [1.165, 1.54) is 6.92 Å². The average molecular weight is 288 g/mol. The van der Waals surface area contributed by atoms with Crippen molar-refractivity contribution in [1.82, 2.24) is 9.97 Å². The van der Waals surface area contributed by atoms with Gasteiger partial charge in [-0.2, -0.15) is 0 Å². The predicted octanol–water partition coefficient (Wildman–Crippen LogP) is 2.26. The summed E-state index contributed by atoms with van der Waals surface area (Å²) in [6, 6.07) is 0. The van der Waals surface area contributed by atoms with Gasteiger partial charge in [0, 0.05) is 18.0 Å². The smallest absolute Gasteiger partial charge is 0.414 e. The second kappa shape index (κ2) is 5.66. The minimum absolute atomic E-state index is 0.0481. The summed E-state index contributed by atoms with van der Waals surface area (Å²) in [7, 11) is 0. The number of amides is 1. The van der Waals surface area contributed by atoms with Crippen LogP contribution >= 0.6 is 0 Å². The normalized spacial score (nSPS) is 14.8. The third-order valence-corrected chi connectivity index (χ3v) is 2.34. The lowest BCUT2D eigenvalue weighted by Gasteiger charge is -2.23. The molecule has 1 amide bonds. The summed E-state index contributed by atoms with van der Waals surface area (Å²) >= 11 is 0. The molecule has 1 atom stereocenters. The highest BCUT2D eigenvalue weighted by molar-refractivity contribution is 5.82. The van der Waals surface area contributed by atoms with Crippen LogP contribution < -0.4 is 11.1 Å². The van der Waals surface area contributed by atoms with Crippen molar-refractivity contribution in [3.63, 3.8) is 0 Å². The van der Waals surface area contributed by atoms with Crippen molar-refractivity contribution in [3.05, 3.63) is 18.0 Å². The van der Waals surface area contributed by atoms with Crippen molar-refractivity contribution >= 4 is 12.0 Å². The Labute approximate surface area is 115 Å². The van der Waals surface area contributed by atoms with Gasteiger partial charge < -0.3 is 10.5 Å². The van der Waals surface area contributed by atoms with E-state index in [-0.39, 0.29) is 11.5 Å². The number of nitrogens with two attached hydrogens (primary N) is 1. The van der Waals surface area contributed by atoms with Gasteiger partial charge in [-0.05, 0) is 27.7 Å². The number of halogens is 2. The van der Waals surface area contributed by atoms with Crippen LogP contribution in [0.25, 0.3) is 0 Å². The van der Waals surface area contributed by atoms with Crippen molar-refractivity contribution in [3.8, 4) is 0 Å². The number of alkyl halides is 2. The van der Waals surface area contributed by atoms with E-state index in [4.69, 9.17) is 10.5 Å². The molecule has 0 aromatic carbocycles. The molecule has 0 saturated carbocycles. The molecule has 0 saturated heterocycles. The second-order valence-corrected chi connectivity index (χ2v) is 5.51. The minimum atomic E-state index is -2.75. The third kappa shape index (κ3) is 4.37. The quantitative estimate of drug-likeness (QED) is 0.890. The number of carbonyl (C=O) groups is 1. The summed E-state index contributed by atoms with van der Waals surface area (Å²) in [5, 5.41) is 2.29. The molecule has 0 bridgehead atoms. The van der Waals surface area contributed by atoms with Crippen LogP contribution in [0.5, 0.6) is 0 Å². The highest BCUT2D eigenvalue weighted by atomic mass is 19.3. The van der Waals surface area contributed by atoms with Crippen molar-refractivity contribution in [2.24, 2.45) is 5.73 Å². The summed E-state index contributed by atoms with van der Waals surface area (Å²) in [5.74, 6) is -0.0481. The zero-order chi connectivity index (χ0) is 15.6. The average Bonchev–Trinajstić information content (AvgIpc) is 2.26. The van der Waals surface area contributed by atoms with Crippen molar-refractivity contribution < 1.29 is 18.3 Å². The van der Waals surface area contributed by atoms with Crippen LogP contribution in [0.4, 0.5) is 19.5 Å². The van der Waals surface area contributed by atoms with Gasteiger partial charge in [0.05, 0.1) is 0 Å². The molecule has 0 aliphatic heterocycles. The van der Waals surface area contributed by atoms with Crippen molar-refractivity contribution in [2.75, 3.05) is 5.32 Å². The summed E-state index contributed by atoms with van der Waals surface area (Å²) < 4.78 is 30.5. The Balaban J connectivity index is 2.75. The van der Waals surface area contributed by atoms with E-state index in [9.17, 15) is 13.6 Å². The van der Waals surface area contributed by atoms with Crippen molar-refractivity contribution in [1.29, 1.82) is 0 Å². The maximum absolute atomic E-state index is 12.7. The molecule has 1 rings (SSSR count). The lowest BCUT2D eigenvalue weighted by Crippen LogP contribution is -2.40. The first-order valence-corrected chi connectivity index (χ1v) is 5.92. The molecule has 0 radical (unpaired) electrons. The summed E-state index contributed by atoms with van der Waals surface area (Å²) in [6.07, 6.45) is -1.19. The first-order valence-electron chi connectivity index (χ1n) is 5.92. The molecular formula is C12H18F2N4O2. The van der Waals surface area contributed by atoms with E-state index >= 15 is 0 Å². The number of ether oxygens (including phenoxy) is 1. The zero-order valence-corrected chi connectivity index (χ0v) is 11.8. The van der Waals surface area contributed by atoms with Gasteiger partial charge in [-0.15, -0.1) is 0 Å². The number of aromatic nitrogens is 2. The molecule has 1 heterocycles. The van der Waals surface area contributed by atoms with Crippen LogP contribution in [-0.2, 0) is 10.3 Å². The molecule has 20 heavy (non-hydrogen) atoms. The monoisotopic (exact) mass is 288 g/mol. The van der Waals surface area contributed by atoms with Gasteiger partial charge in [0.25, 0.3) is 6.43 Å². The Morgan fingerprint density at radius 1 is 1.30 bits per heavy atom. The van der Waals surface area contributed by atoms with Gasteiger partial charge in [0.2, 0.25) is 5.95 Å². The fourth-order valence-electron chi connectivity index (χ4n) is 1.19. The van der Waals surface area contributed by atoms with Gasteiger partial charge in [-0.25, -0.2) is 23.5 Å².